The normalized spacial score (nSPS) is 10.0. The molecule has 1 amide bonds. The number of benzene rings is 1. The average molecular weight is 220 g/mol. The first-order chi connectivity index (χ1) is 7.54. The summed E-state index contributed by atoms with van der Waals surface area (Å²) >= 11 is 0. The van der Waals surface area contributed by atoms with Crippen molar-refractivity contribution in [3.8, 4) is 0 Å². The molecule has 0 spiro atoms. The van der Waals surface area contributed by atoms with Gasteiger partial charge in [-0.3, -0.25) is 4.79 Å². The van der Waals surface area contributed by atoms with Crippen LogP contribution in [-0.2, 0) is 4.79 Å². The van der Waals surface area contributed by atoms with Gasteiger partial charge in [-0.15, -0.1) is 0 Å². The van der Waals surface area contributed by atoms with E-state index in [9.17, 15) is 4.79 Å². The van der Waals surface area contributed by atoms with Gasteiger partial charge in [-0.05, 0) is 38.0 Å². The Morgan fingerprint density at radius 3 is 2.69 bits per heavy atom. The van der Waals surface area contributed by atoms with Crippen molar-refractivity contribution in [3.05, 3.63) is 29.3 Å². The van der Waals surface area contributed by atoms with Gasteiger partial charge in [-0.25, -0.2) is 0 Å². The van der Waals surface area contributed by atoms with Gasteiger partial charge in [0.05, 0.1) is 6.54 Å². The summed E-state index contributed by atoms with van der Waals surface area (Å²) in [6.07, 6.45) is 0. The van der Waals surface area contributed by atoms with E-state index in [0.29, 0.717) is 6.54 Å². The Morgan fingerprint density at radius 1 is 1.38 bits per heavy atom. The van der Waals surface area contributed by atoms with E-state index in [-0.39, 0.29) is 5.91 Å². The van der Waals surface area contributed by atoms with Crippen LogP contribution in [-0.4, -0.2) is 30.9 Å². The molecule has 1 aromatic carbocycles. The van der Waals surface area contributed by atoms with E-state index in [1.807, 2.05) is 27.8 Å². The zero-order valence-corrected chi connectivity index (χ0v) is 10.5. The van der Waals surface area contributed by atoms with Gasteiger partial charge in [0.1, 0.15) is 0 Å². The van der Waals surface area contributed by atoms with Gasteiger partial charge in [0.15, 0.2) is 0 Å². The van der Waals surface area contributed by atoms with Crippen LogP contribution in [0.1, 0.15) is 18.1 Å². The van der Waals surface area contributed by atoms with Crippen molar-refractivity contribution in [2.75, 3.05) is 25.5 Å². The Bertz CT molecular complexity index is 374. The van der Waals surface area contributed by atoms with Crippen molar-refractivity contribution in [2.45, 2.75) is 20.8 Å². The molecule has 0 bridgehead atoms. The van der Waals surface area contributed by atoms with Gasteiger partial charge < -0.3 is 10.2 Å². The lowest BCUT2D eigenvalue weighted by Gasteiger charge is -2.16. The Kier molecular flexibility index (Phi) is 4.35. The number of rotatable bonds is 4. The molecule has 3 nitrogen and oxygen atoms in total. The number of carbonyl (C=O) groups excluding carboxylic acids is 1. The molecule has 0 saturated carbocycles. The third-order valence-electron chi connectivity index (χ3n) is 2.72. The molecule has 1 aromatic rings. The monoisotopic (exact) mass is 220 g/mol. The number of likely N-dealkylation sites (N-methyl/N-ethyl adjacent to an activating group) is 1. The van der Waals surface area contributed by atoms with Crippen molar-refractivity contribution in [1.82, 2.24) is 4.90 Å². The predicted molar refractivity (Wildman–Crippen MR) is 67.7 cm³/mol. The summed E-state index contributed by atoms with van der Waals surface area (Å²) in [5.41, 5.74) is 3.40. The van der Waals surface area contributed by atoms with E-state index in [0.717, 1.165) is 17.8 Å². The van der Waals surface area contributed by atoms with Crippen LogP contribution in [0.3, 0.4) is 0 Å². The number of nitrogens with one attached hydrogen (secondary N) is 1. The fourth-order valence-corrected chi connectivity index (χ4v) is 1.41. The van der Waals surface area contributed by atoms with Crippen LogP contribution in [0.5, 0.6) is 0 Å². The van der Waals surface area contributed by atoms with Crippen molar-refractivity contribution in [1.29, 1.82) is 0 Å². The topological polar surface area (TPSA) is 32.3 Å². The first-order valence-corrected chi connectivity index (χ1v) is 5.59. The summed E-state index contributed by atoms with van der Waals surface area (Å²) in [7, 11) is 1.81. The number of amides is 1. The zero-order valence-electron chi connectivity index (χ0n) is 10.5. The molecule has 0 aliphatic carbocycles. The summed E-state index contributed by atoms with van der Waals surface area (Å²) in [4.78, 5) is 13.3. The van der Waals surface area contributed by atoms with Crippen LogP contribution >= 0.6 is 0 Å². The molecule has 0 heterocycles. The van der Waals surface area contributed by atoms with Crippen molar-refractivity contribution < 1.29 is 4.79 Å². The van der Waals surface area contributed by atoms with E-state index in [1.165, 1.54) is 5.56 Å². The molecule has 0 aromatic heterocycles. The minimum Gasteiger partial charge on any atom is -0.376 e. The summed E-state index contributed by atoms with van der Waals surface area (Å²) in [6.45, 7) is 7.15. The largest absolute Gasteiger partial charge is 0.376 e. The van der Waals surface area contributed by atoms with Crippen LogP contribution in [0.25, 0.3) is 0 Å². The summed E-state index contributed by atoms with van der Waals surface area (Å²) in [5, 5.41) is 3.18. The smallest absolute Gasteiger partial charge is 0.241 e. The number of nitrogens with zero attached hydrogens (tertiary/aromatic N) is 1. The number of hydrogen-bond donors (Lipinski definition) is 1. The molecule has 88 valence electrons. The summed E-state index contributed by atoms with van der Waals surface area (Å²) in [6, 6.07) is 6.20. The highest BCUT2D eigenvalue weighted by molar-refractivity contribution is 5.80. The summed E-state index contributed by atoms with van der Waals surface area (Å²) < 4.78 is 0. The van der Waals surface area contributed by atoms with E-state index in [4.69, 9.17) is 0 Å². The molecule has 0 atom stereocenters. The number of aryl methyl sites for hydroxylation is 2. The molecule has 16 heavy (non-hydrogen) atoms. The lowest BCUT2D eigenvalue weighted by atomic mass is 10.1. The highest BCUT2D eigenvalue weighted by Gasteiger charge is 2.06. The van der Waals surface area contributed by atoms with E-state index in [1.54, 1.807) is 4.90 Å². The third kappa shape index (κ3) is 3.26. The quantitative estimate of drug-likeness (QED) is 0.843. The molecule has 1 rings (SSSR count). The molecule has 0 fully saturated rings. The second kappa shape index (κ2) is 5.54. The highest BCUT2D eigenvalue weighted by Crippen LogP contribution is 2.15. The van der Waals surface area contributed by atoms with Crippen LogP contribution < -0.4 is 5.32 Å². The van der Waals surface area contributed by atoms with Gasteiger partial charge in [-0.2, -0.15) is 0 Å². The Labute approximate surface area is 97.5 Å². The third-order valence-corrected chi connectivity index (χ3v) is 2.72. The van der Waals surface area contributed by atoms with Gasteiger partial charge in [0, 0.05) is 19.3 Å². The van der Waals surface area contributed by atoms with Crippen LogP contribution in [0.2, 0.25) is 0 Å². The van der Waals surface area contributed by atoms with Gasteiger partial charge in [0.25, 0.3) is 0 Å². The van der Waals surface area contributed by atoms with Crippen LogP contribution in [0, 0.1) is 13.8 Å². The molecular weight excluding hydrogens is 200 g/mol. The van der Waals surface area contributed by atoms with Crippen molar-refractivity contribution >= 4 is 11.6 Å². The average Bonchev–Trinajstić information content (AvgIpc) is 2.28. The fraction of sp³-hybridized carbons (Fsp3) is 0.462. The van der Waals surface area contributed by atoms with Gasteiger partial charge in [0.2, 0.25) is 5.91 Å². The first kappa shape index (κ1) is 12.6. The zero-order chi connectivity index (χ0) is 12.1. The number of hydrogen-bond acceptors (Lipinski definition) is 2. The lowest BCUT2D eigenvalue weighted by Crippen LogP contribution is -2.32. The lowest BCUT2D eigenvalue weighted by molar-refractivity contribution is -0.127. The number of anilines is 1. The molecule has 1 N–H and O–H groups in total. The Morgan fingerprint density at radius 2 is 2.06 bits per heavy atom. The van der Waals surface area contributed by atoms with Crippen LogP contribution in [0.15, 0.2) is 18.2 Å². The van der Waals surface area contributed by atoms with Crippen LogP contribution in [0.4, 0.5) is 5.69 Å². The Balaban J connectivity index is 2.61. The maximum absolute atomic E-state index is 11.6. The minimum absolute atomic E-state index is 0.114. The minimum atomic E-state index is 0.114. The molecule has 0 radical (unpaired) electrons. The molecule has 0 aliphatic heterocycles. The molecule has 3 heteroatoms. The first-order valence-electron chi connectivity index (χ1n) is 5.59. The summed E-state index contributed by atoms with van der Waals surface area (Å²) in [5.74, 6) is 0.114. The molecule has 0 aliphatic rings. The SMILES string of the molecule is CCN(C)C(=O)CNc1cc(C)ccc1C. The van der Waals surface area contributed by atoms with Gasteiger partial charge in [-0.1, -0.05) is 12.1 Å². The molecule has 0 saturated heterocycles. The fourth-order valence-electron chi connectivity index (χ4n) is 1.41. The molecular formula is C13H20N2O. The highest BCUT2D eigenvalue weighted by atomic mass is 16.2. The Hall–Kier alpha value is -1.51. The van der Waals surface area contributed by atoms with E-state index < -0.39 is 0 Å². The van der Waals surface area contributed by atoms with Crippen molar-refractivity contribution in [2.24, 2.45) is 0 Å². The van der Waals surface area contributed by atoms with Gasteiger partial charge >= 0.3 is 0 Å². The molecule has 0 unspecified atom stereocenters. The maximum atomic E-state index is 11.6. The standard InChI is InChI=1S/C13H20N2O/c1-5-15(4)13(16)9-14-12-8-10(2)6-7-11(12)3/h6-8,14H,5,9H2,1-4H3. The number of carbonyl (C=O) groups is 1. The van der Waals surface area contributed by atoms with Crippen molar-refractivity contribution in [3.63, 3.8) is 0 Å². The van der Waals surface area contributed by atoms with E-state index >= 15 is 0 Å². The maximum Gasteiger partial charge on any atom is 0.241 e. The second-order valence-electron chi connectivity index (χ2n) is 4.08. The predicted octanol–water partition coefficient (Wildman–Crippen LogP) is 2.19. The second-order valence-corrected chi connectivity index (χ2v) is 4.08. The van der Waals surface area contributed by atoms with E-state index in [2.05, 4.69) is 23.5 Å².